The summed E-state index contributed by atoms with van der Waals surface area (Å²) in [5, 5.41) is 27.9. The fourth-order valence-electron chi connectivity index (χ4n) is 6.43. The number of aromatic carboxylic acids is 1. The summed E-state index contributed by atoms with van der Waals surface area (Å²) in [4.78, 5) is 24.1. The molecule has 1 aromatic heterocycles. The monoisotopic (exact) mass is 758 g/mol. The Hall–Kier alpha value is -5.12. The Kier molecular flexibility index (Phi) is 11.2. The van der Waals surface area contributed by atoms with E-state index < -0.39 is 45.6 Å². The molecular weight excluding hydrogens is 716 g/mol. The average molecular weight is 759 g/mol. The van der Waals surface area contributed by atoms with Gasteiger partial charge in [0.25, 0.3) is 0 Å². The Morgan fingerprint density at radius 2 is 1.76 bits per heavy atom. The van der Waals surface area contributed by atoms with E-state index in [2.05, 4.69) is 10.3 Å². The molecule has 0 saturated carbocycles. The van der Waals surface area contributed by atoms with Crippen LogP contribution in [0.5, 0.6) is 5.75 Å². The number of carbonyl (C=O) groups is 2. The van der Waals surface area contributed by atoms with Crippen LogP contribution < -0.4 is 4.74 Å². The zero-order valence-corrected chi connectivity index (χ0v) is 31.2. The number of nitrogens with zero attached hydrogens (tertiary/aromatic N) is 4. The minimum absolute atomic E-state index is 0.0429. The van der Waals surface area contributed by atoms with E-state index in [4.69, 9.17) is 14.6 Å². The largest absolute Gasteiger partial charge is 0.487 e. The summed E-state index contributed by atoms with van der Waals surface area (Å²) >= 11 is 0. The molecule has 0 saturated heterocycles. The van der Waals surface area contributed by atoms with Gasteiger partial charge < -0.3 is 19.7 Å². The maximum Gasteiger partial charge on any atom is 0.338 e. The minimum Gasteiger partial charge on any atom is -0.487 e. The van der Waals surface area contributed by atoms with Crippen LogP contribution in [0.1, 0.15) is 71.6 Å². The van der Waals surface area contributed by atoms with Crippen LogP contribution >= 0.6 is 10.8 Å². The Labute approximate surface area is 314 Å². The number of aliphatic carboxylic acids is 1. The highest BCUT2D eigenvalue weighted by Crippen LogP contribution is 2.57. The minimum atomic E-state index is -3.41. The van der Waals surface area contributed by atoms with Gasteiger partial charge in [0, 0.05) is 6.54 Å². The van der Waals surface area contributed by atoms with Crippen molar-refractivity contribution >= 4 is 22.7 Å². The van der Waals surface area contributed by atoms with Crippen molar-refractivity contribution in [1.82, 2.24) is 19.3 Å². The molecule has 284 valence electrons. The number of hydrogen-bond acceptors (Lipinski definition) is 9. The van der Waals surface area contributed by atoms with Crippen LogP contribution in [-0.4, -0.2) is 63.2 Å². The zero-order valence-electron chi connectivity index (χ0n) is 30.3. The fourth-order valence-corrected chi connectivity index (χ4v) is 8.05. The van der Waals surface area contributed by atoms with Crippen molar-refractivity contribution in [3.8, 4) is 16.9 Å². The third kappa shape index (κ3) is 8.17. The highest BCUT2D eigenvalue weighted by molar-refractivity contribution is 8.22. The quantitative estimate of drug-likeness (QED) is 0.0914. The Morgan fingerprint density at radius 3 is 2.48 bits per heavy atom. The number of hydrogen-bond donors (Lipinski definition) is 4. The second kappa shape index (κ2) is 15.7. The number of carboxylic acid groups (broad SMARTS) is 2. The van der Waals surface area contributed by atoms with E-state index in [9.17, 15) is 28.2 Å². The number of halogens is 1. The number of ether oxygens (including phenoxy) is 2. The number of fused-ring (bicyclic) bond motifs is 1. The maximum atomic E-state index is 14.4. The molecule has 54 heavy (non-hydrogen) atoms. The first kappa shape index (κ1) is 38.6. The lowest BCUT2D eigenvalue weighted by molar-refractivity contribution is -0.158. The van der Waals surface area contributed by atoms with Gasteiger partial charge in [-0.25, -0.2) is 13.9 Å². The second-order valence-corrected chi connectivity index (χ2v) is 15.9. The molecule has 12 nitrogen and oxygen atoms in total. The molecule has 0 spiro atoms. The molecule has 0 fully saturated rings. The van der Waals surface area contributed by atoms with E-state index in [-0.39, 0.29) is 25.8 Å². The van der Waals surface area contributed by atoms with E-state index >= 15 is 0 Å². The molecule has 4 N–H and O–H groups in total. The molecule has 0 radical (unpaired) electrons. The van der Waals surface area contributed by atoms with Gasteiger partial charge in [0.2, 0.25) is 0 Å². The molecule has 2 heterocycles. The normalized spacial score (nSPS) is 16.8. The van der Waals surface area contributed by atoms with Gasteiger partial charge in [-0.15, -0.1) is 15.9 Å². The maximum absolute atomic E-state index is 14.4. The first-order valence-electron chi connectivity index (χ1n) is 17.4. The summed E-state index contributed by atoms with van der Waals surface area (Å²) in [6.45, 7) is 7.82. The van der Waals surface area contributed by atoms with Crippen LogP contribution in [0.2, 0.25) is 0 Å². The van der Waals surface area contributed by atoms with Crippen molar-refractivity contribution in [1.29, 1.82) is 0 Å². The molecule has 2 atom stereocenters. The molecule has 0 amide bonds. The summed E-state index contributed by atoms with van der Waals surface area (Å²) in [5.41, 5.74) is 3.06. The highest BCUT2D eigenvalue weighted by Gasteiger charge is 2.40. The van der Waals surface area contributed by atoms with Crippen LogP contribution in [0, 0.1) is 18.2 Å². The summed E-state index contributed by atoms with van der Waals surface area (Å²) in [5.74, 6) is -2.77. The van der Waals surface area contributed by atoms with Crippen molar-refractivity contribution in [3.05, 3.63) is 130 Å². The van der Waals surface area contributed by atoms with E-state index in [0.29, 0.717) is 46.0 Å². The number of carboxylic acids is 2. The van der Waals surface area contributed by atoms with E-state index in [1.54, 1.807) is 65.4 Å². The van der Waals surface area contributed by atoms with Crippen molar-refractivity contribution in [3.63, 3.8) is 0 Å². The predicted molar refractivity (Wildman–Crippen MR) is 201 cm³/mol. The number of benzene rings is 4. The number of aromatic nitrogens is 3. The molecule has 1 aliphatic rings. The molecular formula is C40H43FN4O8S. The van der Waals surface area contributed by atoms with Gasteiger partial charge in [-0.1, -0.05) is 66.7 Å². The molecule has 6 rings (SSSR count). The van der Waals surface area contributed by atoms with Crippen LogP contribution in [-0.2, 0) is 29.2 Å². The number of rotatable bonds is 13. The highest BCUT2D eigenvalue weighted by atomic mass is 32.3. The summed E-state index contributed by atoms with van der Waals surface area (Å²) in [6.07, 6.45) is 1.17. The third-order valence-electron chi connectivity index (χ3n) is 9.68. The van der Waals surface area contributed by atoms with E-state index in [1.165, 1.54) is 12.1 Å². The van der Waals surface area contributed by atoms with Gasteiger partial charge in [0.15, 0.2) is 0 Å². The van der Waals surface area contributed by atoms with Gasteiger partial charge >= 0.3 is 11.9 Å². The van der Waals surface area contributed by atoms with Gasteiger partial charge in [-0.2, -0.15) is 4.31 Å². The Morgan fingerprint density at radius 1 is 1.00 bits per heavy atom. The smallest absolute Gasteiger partial charge is 0.338 e. The molecule has 5 aromatic rings. The molecule has 1 aliphatic heterocycles. The van der Waals surface area contributed by atoms with Crippen LogP contribution in [0.4, 0.5) is 4.39 Å². The lowest BCUT2D eigenvalue weighted by atomic mass is 9.81. The molecule has 14 heteroatoms. The number of para-hydroxylation sites is 1. The SMILES string of the molecule is CCC1CN(Cc2cc(C(OCc3cn(Cc4cccc(-c5ccc(C(=O)O)c(F)c5)c4)nn3)C(C)(C)C(=O)O)ccc2C)S(O)(O)c2ccccc2O1. The van der Waals surface area contributed by atoms with Crippen LogP contribution in [0.25, 0.3) is 11.1 Å². The Bertz CT molecular complexity index is 2170. The third-order valence-corrected chi connectivity index (χ3v) is 11.6. The van der Waals surface area contributed by atoms with Gasteiger partial charge in [0.05, 0.1) is 43.0 Å². The van der Waals surface area contributed by atoms with E-state index in [0.717, 1.165) is 16.7 Å². The topological polar surface area (TPSA) is 167 Å². The van der Waals surface area contributed by atoms with E-state index in [1.807, 2.05) is 50.2 Å². The van der Waals surface area contributed by atoms with Crippen molar-refractivity contribution < 1.29 is 42.8 Å². The molecule has 2 unspecified atom stereocenters. The Balaban J connectivity index is 1.20. The summed E-state index contributed by atoms with van der Waals surface area (Å²) < 4.78 is 53.2. The molecule has 0 aliphatic carbocycles. The van der Waals surface area contributed by atoms with Crippen molar-refractivity contribution in [2.45, 2.75) is 70.9 Å². The molecule has 4 aromatic carbocycles. The first-order valence-corrected chi connectivity index (χ1v) is 18.9. The number of aryl methyl sites for hydroxylation is 1. The summed E-state index contributed by atoms with van der Waals surface area (Å²) in [6, 6.07) is 23.8. The first-order chi connectivity index (χ1) is 25.7. The average Bonchev–Trinajstić information content (AvgIpc) is 3.54. The second-order valence-electron chi connectivity index (χ2n) is 13.9. The summed E-state index contributed by atoms with van der Waals surface area (Å²) in [7, 11) is -3.41. The van der Waals surface area contributed by atoms with Gasteiger partial charge in [-0.05, 0) is 90.9 Å². The van der Waals surface area contributed by atoms with Crippen LogP contribution in [0.15, 0.2) is 96.0 Å². The van der Waals surface area contributed by atoms with Crippen molar-refractivity contribution in [2.24, 2.45) is 5.41 Å². The van der Waals surface area contributed by atoms with Gasteiger partial charge in [0.1, 0.15) is 28.3 Å². The lowest BCUT2D eigenvalue weighted by Gasteiger charge is -2.42. The van der Waals surface area contributed by atoms with Crippen LogP contribution in [0.3, 0.4) is 0 Å². The fraction of sp³-hybridized carbons (Fsp3) is 0.300. The van der Waals surface area contributed by atoms with Gasteiger partial charge in [-0.3, -0.25) is 13.9 Å². The zero-order chi connectivity index (χ0) is 38.8. The lowest BCUT2D eigenvalue weighted by Crippen LogP contribution is -2.35. The predicted octanol–water partition coefficient (Wildman–Crippen LogP) is 8.21. The van der Waals surface area contributed by atoms with Crippen molar-refractivity contribution in [2.75, 3.05) is 6.54 Å². The standard InChI is InChI=1S/C40H43FN4O8S/c1-5-32-23-45(54(50,51)36-12-7-6-11-35(36)53-32)21-30-18-29(14-13-25(30)2)37(40(3,4)39(48)49)52-24-31-22-44(43-42-31)20-26-9-8-10-27(17-26)28-15-16-33(38(46)47)34(41)19-28/h6-19,22,32,37,50-51H,5,20-21,23-24H2,1-4H3,(H,46,47)(H,48,49). The molecule has 0 bridgehead atoms.